The van der Waals surface area contributed by atoms with Crippen LogP contribution in [0.4, 0.5) is 4.39 Å². The molecule has 0 saturated carbocycles. The molecule has 0 aliphatic rings. The Hall–Kier alpha value is -1.05. The van der Waals surface area contributed by atoms with Gasteiger partial charge < -0.3 is 4.74 Å². The van der Waals surface area contributed by atoms with Gasteiger partial charge in [0.25, 0.3) is 0 Å². The Balaban J connectivity index is 4.73. The third kappa shape index (κ3) is 3.92. The van der Waals surface area contributed by atoms with Crippen molar-refractivity contribution in [2.24, 2.45) is 5.41 Å². The fourth-order valence-electron chi connectivity index (χ4n) is 0.623. The Morgan fingerprint density at radius 1 is 1.31 bits per heavy atom. The van der Waals surface area contributed by atoms with Crippen molar-refractivity contribution in [3.63, 3.8) is 0 Å². The van der Waals surface area contributed by atoms with Gasteiger partial charge in [0.05, 0.1) is 7.11 Å². The van der Waals surface area contributed by atoms with Crippen molar-refractivity contribution in [3.05, 3.63) is 36.4 Å². The fourth-order valence-corrected chi connectivity index (χ4v) is 0.623. The molecule has 0 unspecified atom stereocenters. The molecule has 1 nitrogen and oxygen atoms in total. The predicted octanol–water partition coefficient (Wildman–Crippen LogP) is 3.60. The first-order chi connectivity index (χ1) is 5.79. The van der Waals surface area contributed by atoms with Gasteiger partial charge in [-0.2, -0.15) is 0 Å². The normalized spacial score (nSPS) is 12.5. The summed E-state index contributed by atoms with van der Waals surface area (Å²) in [5.74, 6) is -0.437. The highest BCUT2D eigenvalue weighted by molar-refractivity contribution is 5.29. The van der Waals surface area contributed by atoms with Gasteiger partial charge >= 0.3 is 0 Å². The molecule has 0 aromatic rings. The predicted molar refractivity (Wildman–Crippen MR) is 53.9 cm³/mol. The van der Waals surface area contributed by atoms with E-state index in [4.69, 9.17) is 4.74 Å². The number of ether oxygens (including phenoxy) is 1. The molecule has 13 heavy (non-hydrogen) atoms. The Labute approximate surface area is 79.6 Å². The van der Waals surface area contributed by atoms with Gasteiger partial charge in [0, 0.05) is 0 Å². The van der Waals surface area contributed by atoms with Crippen LogP contribution in [0, 0.1) is 5.41 Å². The zero-order chi connectivity index (χ0) is 10.6. The molecule has 74 valence electrons. The molecule has 0 aliphatic heterocycles. The van der Waals surface area contributed by atoms with Crippen LogP contribution in [0.5, 0.6) is 0 Å². The first-order valence-electron chi connectivity index (χ1n) is 4.09. The van der Waals surface area contributed by atoms with Crippen LogP contribution in [0.15, 0.2) is 36.4 Å². The summed E-state index contributed by atoms with van der Waals surface area (Å²) in [4.78, 5) is 0. The van der Waals surface area contributed by atoms with E-state index in [1.807, 2.05) is 20.8 Å². The highest BCUT2D eigenvalue weighted by Crippen LogP contribution is 2.26. The van der Waals surface area contributed by atoms with Crippen molar-refractivity contribution in [2.45, 2.75) is 20.8 Å². The van der Waals surface area contributed by atoms with Crippen molar-refractivity contribution in [1.82, 2.24) is 0 Å². The summed E-state index contributed by atoms with van der Waals surface area (Å²) in [6.45, 7) is 13.0. The second kappa shape index (κ2) is 4.26. The van der Waals surface area contributed by atoms with Gasteiger partial charge in [-0.05, 0) is 17.1 Å². The quantitative estimate of drug-likeness (QED) is 0.481. The molecule has 0 bridgehead atoms. The molecule has 0 atom stereocenters. The second-order valence-electron chi connectivity index (χ2n) is 3.89. The second-order valence-corrected chi connectivity index (χ2v) is 3.89. The van der Waals surface area contributed by atoms with Crippen LogP contribution in [0.3, 0.4) is 0 Å². The lowest BCUT2D eigenvalue weighted by molar-refractivity contribution is 0.282. The molecule has 0 amide bonds. The molecule has 0 rings (SSSR count). The summed E-state index contributed by atoms with van der Waals surface area (Å²) in [5.41, 5.74) is 0.724. The number of hydrogen-bond acceptors (Lipinski definition) is 1. The van der Waals surface area contributed by atoms with Gasteiger partial charge in [-0.3, -0.25) is 0 Å². The van der Waals surface area contributed by atoms with E-state index in [9.17, 15) is 4.39 Å². The molecule has 0 saturated heterocycles. The molecule has 0 N–H and O–H groups in total. The molecule has 0 aromatic carbocycles. The Bertz CT molecular complexity index is 243. The summed E-state index contributed by atoms with van der Waals surface area (Å²) >= 11 is 0. The molecule has 0 aromatic heterocycles. The van der Waals surface area contributed by atoms with E-state index in [2.05, 4.69) is 13.2 Å². The largest absolute Gasteiger partial charge is 0.494 e. The van der Waals surface area contributed by atoms with Crippen LogP contribution in [-0.4, -0.2) is 7.11 Å². The van der Waals surface area contributed by atoms with E-state index in [0.717, 1.165) is 5.57 Å². The average Bonchev–Trinajstić information content (AvgIpc) is 1.96. The zero-order valence-corrected chi connectivity index (χ0v) is 8.78. The number of methoxy groups -OCH3 is 1. The SMILES string of the molecule is C=C(F)/C(=C\C(=C)C(C)(C)C)OC. The Morgan fingerprint density at radius 2 is 1.77 bits per heavy atom. The molecular formula is C11H17FO. The van der Waals surface area contributed by atoms with Gasteiger partial charge in [-0.15, -0.1) is 0 Å². The standard InChI is InChI=1S/C11H17FO/c1-8(11(3,4)5)7-10(13-6)9(2)12/h7H,1-2H2,3-6H3/b10-7+. The fraction of sp³-hybridized carbons (Fsp3) is 0.455. The molecule has 2 heteroatoms. The summed E-state index contributed by atoms with van der Waals surface area (Å²) < 4.78 is 17.5. The number of allylic oxidation sites excluding steroid dienone is 3. The lowest BCUT2D eigenvalue weighted by Gasteiger charge is -2.19. The highest BCUT2D eigenvalue weighted by Gasteiger charge is 2.14. The maximum absolute atomic E-state index is 12.7. The summed E-state index contributed by atoms with van der Waals surface area (Å²) in [5, 5.41) is 0. The van der Waals surface area contributed by atoms with Crippen molar-refractivity contribution in [3.8, 4) is 0 Å². The van der Waals surface area contributed by atoms with Gasteiger partial charge in [-0.25, -0.2) is 4.39 Å². The van der Waals surface area contributed by atoms with Crippen molar-refractivity contribution >= 4 is 0 Å². The van der Waals surface area contributed by atoms with Crippen LogP contribution < -0.4 is 0 Å². The smallest absolute Gasteiger partial charge is 0.157 e. The molecule has 0 radical (unpaired) electrons. The summed E-state index contributed by atoms with van der Waals surface area (Å²) in [7, 11) is 1.41. The summed E-state index contributed by atoms with van der Waals surface area (Å²) in [6, 6.07) is 0. The zero-order valence-electron chi connectivity index (χ0n) is 8.78. The number of rotatable bonds is 3. The van der Waals surface area contributed by atoms with Crippen LogP contribution in [0.25, 0.3) is 0 Å². The van der Waals surface area contributed by atoms with Gasteiger partial charge in [0.2, 0.25) is 0 Å². The molecule has 0 heterocycles. The number of halogens is 1. The van der Waals surface area contributed by atoms with Crippen molar-refractivity contribution in [1.29, 1.82) is 0 Å². The van der Waals surface area contributed by atoms with Gasteiger partial charge in [0.15, 0.2) is 11.6 Å². The maximum atomic E-state index is 12.7. The molecule has 0 spiro atoms. The van der Waals surface area contributed by atoms with Crippen molar-refractivity contribution < 1.29 is 9.13 Å². The lowest BCUT2D eigenvalue weighted by Crippen LogP contribution is -2.07. The number of hydrogen-bond donors (Lipinski definition) is 0. The van der Waals surface area contributed by atoms with E-state index in [1.54, 1.807) is 6.08 Å². The minimum Gasteiger partial charge on any atom is -0.494 e. The minimum absolute atomic E-state index is 0.0841. The van der Waals surface area contributed by atoms with E-state index in [1.165, 1.54) is 7.11 Å². The maximum Gasteiger partial charge on any atom is 0.157 e. The van der Waals surface area contributed by atoms with Crippen molar-refractivity contribution in [2.75, 3.05) is 7.11 Å². The molecule has 0 fully saturated rings. The summed E-state index contributed by atoms with van der Waals surface area (Å²) in [6.07, 6.45) is 1.57. The molecular weight excluding hydrogens is 167 g/mol. The lowest BCUT2D eigenvalue weighted by atomic mass is 9.87. The van der Waals surface area contributed by atoms with E-state index < -0.39 is 5.83 Å². The monoisotopic (exact) mass is 184 g/mol. The topological polar surface area (TPSA) is 9.23 Å². The highest BCUT2D eigenvalue weighted by atomic mass is 19.1. The molecule has 0 aliphatic carbocycles. The third-order valence-corrected chi connectivity index (χ3v) is 1.76. The van der Waals surface area contributed by atoms with Gasteiger partial charge in [0.1, 0.15) is 0 Å². The Kier molecular flexibility index (Phi) is 3.92. The third-order valence-electron chi connectivity index (χ3n) is 1.76. The van der Waals surface area contributed by atoms with E-state index in [0.29, 0.717) is 0 Å². The first-order valence-corrected chi connectivity index (χ1v) is 4.09. The average molecular weight is 184 g/mol. The van der Waals surface area contributed by atoms with E-state index in [-0.39, 0.29) is 11.2 Å². The van der Waals surface area contributed by atoms with E-state index >= 15 is 0 Å². The van der Waals surface area contributed by atoms with Crippen LogP contribution >= 0.6 is 0 Å². The van der Waals surface area contributed by atoms with Gasteiger partial charge in [-0.1, -0.05) is 33.9 Å². The first kappa shape index (κ1) is 11.9. The Morgan fingerprint density at radius 3 is 2.00 bits per heavy atom. The minimum atomic E-state index is -0.576. The van der Waals surface area contributed by atoms with Crippen LogP contribution in [-0.2, 0) is 4.74 Å². The van der Waals surface area contributed by atoms with Crippen LogP contribution in [0.2, 0.25) is 0 Å². The van der Waals surface area contributed by atoms with Crippen LogP contribution in [0.1, 0.15) is 20.8 Å².